The van der Waals surface area contributed by atoms with Crippen molar-refractivity contribution in [3.05, 3.63) is 0 Å². The lowest BCUT2D eigenvalue weighted by molar-refractivity contribution is -0.142. The van der Waals surface area contributed by atoms with Gasteiger partial charge < -0.3 is 15.1 Å². The van der Waals surface area contributed by atoms with Crippen LogP contribution in [0.1, 0.15) is 26.7 Å². The lowest BCUT2D eigenvalue weighted by Gasteiger charge is -2.37. The first-order valence-corrected chi connectivity index (χ1v) is 9.79. The molecular formula is C18H33N5O2. The van der Waals surface area contributed by atoms with E-state index in [4.69, 9.17) is 0 Å². The van der Waals surface area contributed by atoms with E-state index in [9.17, 15) is 9.59 Å². The summed E-state index contributed by atoms with van der Waals surface area (Å²) < 4.78 is 0. The third kappa shape index (κ3) is 4.71. The van der Waals surface area contributed by atoms with Crippen LogP contribution in [0, 0.1) is 0 Å². The van der Waals surface area contributed by atoms with E-state index in [1.165, 1.54) is 12.8 Å². The summed E-state index contributed by atoms with van der Waals surface area (Å²) in [6, 6.07) is 1.41. The number of rotatable bonds is 5. The number of hydrogen-bond acceptors (Lipinski definition) is 5. The van der Waals surface area contributed by atoms with E-state index in [0.29, 0.717) is 25.2 Å². The number of carbonyl (C=O) groups is 2. The summed E-state index contributed by atoms with van der Waals surface area (Å²) in [7, 11) is 0. The number of nitrogens with zero attached hydrogens (tertiary/aromatic N) is 4. The Kier molecular flexibility index (Phi) is 6.30. The van der Waals surface area contributed by atoms with Crippen molar-refractivity contribution in [1.82, 2.24) is 24.9 Å². The largest absolute Gasteiger partial charge is 0.339 e. The highest BCUT2D eigenvalue weighted by atomic mass is 16.2. The molecule has 0 aromatic carbocycles. The molecule has 0 unspecified atom stereocenters. The van der Waals surface area contributed by atoms with E-state index in [1.807, 2.05) is 4.90 Å². The van der Waals surface area contributed by atoms with Gasteiger partial charge in [0, 0.05) is 64.4 Å². The number of amides is 2. The molecule has 3 aliphatic rings. The normalized spacial score (nSPS) is 29.4. The van der Waals surface area contributed by atoms with E-state index >= 15 is 0 Å². The van der Waals surface area contributed by atoms with Crippen molar-refractivity contribution >= 4 is 11.8 Å². The van der Waals surface area contributed by atoms with E-state index in [2.05, 4.69) is 29.0 Å². The summed E-state index contributed by atoms with van der Waals surface area (Å²) in [4.78, 5) is 33.0. The van der Waals surface area contributed by atoms with Crippen molar-refractivity contribution in [1.29, 1.82) is 0 Å². The molecule has 0 spiro atoms. The molecule has 0 aromatic rings. The summed E-state index contributed by atoms with van der Waals surface area (Å²) in [5, 5.41) is 3.04. The van der Waals surface area contributed by atoms with Gasteiger partial charge in [-0.15, -0.1) is 0 Å². The summed E-state index contributed by atoms with van der Waals surface area (Å²) in [5.74, 6) is 0.128. The molecule has 1 N–H and O–H groups in total. The first-order valence-electron chi connectivity index (χ1n) is 9.79. The van der Waals surface area contributed by atoms with Crippen molar-refractivity contribution in [2.45, 2.75) is 38.8 Å². The zero-order chi connectivity index (χ0) is 17.8. The predicted molar refractivity (Wildman–Crippen MR) is 97.3 cm³/mol. The van der Waals surface area contributed by atoms with Gasteiger partial charge in [0.15, 0.2) is 0 Å². The summed E-state index contributed by atoms with van der Waals surface area (Å²) in [5.41, 5.74) is 0. The molecule has 0 bridgehead atoms. The van der Waals surface area contributed by atoms with Crippen molar-refractivity contribution in [2.75, 3.05) is 65.4 Å². The molecule has 142 valence electrons. The zero-order valence-corrected chi connectivity index (χ0v) is 15.7. The first-order chi connectivity index (χ1) is 12.0. The minimum Gasteiger partial charge on any atom is -0.339 e. The van der Waals surface area contributed by atoms with Crippen LogP contribution >= 0.6 is 0 Å². The Hall–Kier alpha value is -1.18. The van der Waals surface area contributed by atoms with Gasteiger partial charge in [0.05, 0.1) is 13.1 Å². The second kappa shape index (κ2) is 8.47. The minimum absolute atomic E-state index is 0.0343. The van der Waals surface area contributed by atoms with Crippen LogP contribution in [0.2, 0.25) is 0 Å². The molecule has 3 rings (SSSR count). The van der Waals surface area contributed by atoms with Crippen LogP contribution in [-0.4, -0.2) is 109 Å². The molecule has 3 heterocycles. The number of piperazine rings is 2. The summed E-state index contributed by atoms with van der Waals surface area (Å²) in [6.07, 6.45) is 2.63. The summed E-state index contributed by atoms with van der Waals surface area (Å²) >= 11 is 0. The molecule has 2 atom stereocenters. The lowest BCUT2D eigenvalue weighted by Crippen LogP contribution is -2.55. The number of likely N-dealkylation sites (tertiary alicyclic amines) is 1. The molecule has 3 saturated heterocycles. The van der Waals surface area contributed by atoms with Crippen LogP contribution < -0.4 is 5.32 Å². The maximum atomic E-state index is 12.5. The van der Waals surface area contributed by atoms with Gasteiger partial charge >= 0.3 is 0 Å². The minimum atomic E-state index is 0.0343. The topological polar surface area (TPSA) is 59.1 Å². The molecule has 0 aliphatic carbocycles. The highest BCUT2D eigenvalue weighted by Crippen LogP contribution is 2.22. The van der Waals surface area contributed by atoms with Crippen LogP contribution in [0.25, 0.3) is 0 Å². The highest BCUT2D eigenvalue weighted by molar-refractivity contribution is 5.86. The second-order valence-electron chi connectivity index (χ2n) is 7.73. The lowest BCUT2D eigenvalue weighted by atomic mass is 10.2. The molecule has 0 aromatic heterocycles. The molecule has 2 amide bonds. The van der Waals surface area contributed by atoms with E-state index < -0.39 is 0 Å². The Morgan fingerprint density at radius 1 is 1.04 bits per heavy atom. The number of nitrogens with one attached hydrogen (secondary N) is 1. The Morgan fingerprint density at radius 2 is 1.72 bits per heavy atom. The maximum Gasteiger partial charge on any atom is 0.242 e. The molecular weight excluding hydrogens is 318 g/mol. The van der Waals surface area contributed by atoms with Crippen LogP contribution in [0.5, 0.6) is 0 Å². The maximum absolute atomic E-state index is 12.5. The zero-order valence-electron chi connectivity index (χ0n) is 15.7. The average molecular weight is 351 g/mol. The average Bonchev–Trinajstić information content (AvgIpc) is 2.93. The monoisotopic (exact) mass is 351 g/mol. The van der Waals surface area contributed by atoms with Gasteiger partial charge in [-0.25, -0.2) is 0 Å². The van der Waals surface area contributed by atoms with Crippen molar-refractivity contribution < 1.29 is 9.59 Å². The second-order valence-corrected chi connectivity index (χ2v) is 7.73. The summed E-state index contributed by atoms with van der Waals surface area (Å²) in [6.45, 7) is 12.3. The molecule has 7 heteroatoms. The fourth-order valence-corrected chi connectivity index (χ4v) is 4.24. The predicted octanol–water partition coefficient (Wildman–Crippen LogP) is -0.565. The van der Waals surface area contributed by atoms with Gasteiger partial charge in [-0.1, -0.05) is 0 Å². The van der Waals surface area contributed by atoms with Gasteiger partial charge in [-0.05, 0) is 26.7 Å². The molecule has 25 heavy (non-hydrogen) atoms. The number of carbonyl (C=O) groups excluding carboxylic acids is 2. The van der Waals surface area contributed by atoms with Crippen molar-refractivity contribution in [3.63, 3.8) is 0 Å². The smallest absolute Gasteiger partial charge is 0.242 e. The van der Waals surface area contributed by atoms with Gasteiger partial charge in [0.1, 0.15) is 0 Å². The van der Waals surface area contributed by atoms with Crippen LogP contribution in [0.3, 0.4) is 0 Å². The molecule has 7 nitrogen and oxygen atoms in total. The first kappa shape index (κ1) is 18.6. The van der Waals surface area contributed by atoms with E-state index in [-0.39, 0.29) is 18.4 Å². The van der Waals surface area contributed by atoms with Gasteiger partial charge in [-0.3, -0.25) is 19.4 Å². The number of hydrogen-bond donors (Lipinski definition) is 1. The Morgan fingerprint density at radius 3 is 2.36 bits per heavy atom. The van der Waals surface area contributed by atoms with Crippen molar-refractivity contribution in [3.8, 4) is 0 Å². The highest BCUT2D eigenvalue weighted by Gasteiger charge is 2.29. The van der Waals surface area contributed by atoms with Crippen LogP contribution in [-0.2, 0) is 9.59 Å². The SMILES string of the molecule is C[C@H]1CC[C@H](C)N1CCN1CCN(C(=O)CN2CCNCC2=O)CC1. The van der Waals surface area contributed by atoms with Gasteiger partial charge in [0.2, 0.25) is 11.8 Å². The standard InChI is InChI=1S/C18H33N5O2/c1-15-3-4-16(2)23(15)12-9-20-7-10-21(11-8-20)18(25)14-22-6-5-19-13-17(22)24/h15-16,19H,3-14H2,1-2H3/t15-,16-/m0/s1. The van der Waals surface area contributed by atoms with Gasteiger partial charge in [0.25, 0.3) is 0 Å². The van der Waals surface area contributed by atoms with E-state index in [1.54, 1.807) is 4.90 Å². The molecule has 0 radical (unpaired) electrons. The fourth-order valence-electron chi connectivity index (χ4n) is 4.24. The van der Waals surface area contributed by atoms with Crippen LogP contribution in [0.15, 0.2) is 0 Å². The Bertz CT molecular complexity index is 468. The fraction of sp³-hybridized carbons (Fsp3) is 0.889. The Labute approximate surface area is 151 Å². The third-order valence-corrected chi connectivity index (χ3v) is 6.05. The van der Waals surface area contributed by atoms with Crippen molar-refractivity contribution in [2.24, 2.45) is 0 Å². The molecule has 3 aliphatic heterocycles. The third-order valence-electron chi connectivity index (χ3n) is 6.05. The molecule has 3 fully saturated rings. The quantitative estimate of drug-likeness (QED) is 0.719. The van der Waals surface area contributed by atoms with E-state index in [0.717, 1.165) is 45.8 Å². The Balaban J connectivity index is 1.38. The van der Waals surface area contributed by atoms with Gasteiger partial charge in [-0.2, -0.15) is 0 Å². The van der Waals surface area contributed by atoms with Crippen LogP contribution in [0.4, 0.5) is 0 Å². The molecule has 0 saturated carbocycles.